The van der Waals surface area contributed by atoms with E-state index in [9.17, 15) is 4.79 Å². The lowest BCUT2D eigenvalue weighted by Crippen LogP contribution is -2.23. The van der Waals surface area contributed by atoms with Crippen LogP contribution in [0.15, 0.2) is 53.1 Å². The van der Waals surface area contributed by atoms with Crippen LogP contribution in [0.2, 0.25) is 10.0 Å². The molecular weight excluding hydrogens is 465 g/mol. The average molecular weight is 483 g/mol. The summed E-state index contributed by atoms with van der Waals surface area (Å²) in [5, 5.41) is 8.22. The van der Waals surface area contributed by atoms with E-state index in [1.54, 1.807) is 35.1 Å². The number of ether oxygens (including phenoxy) is 1. The third kappa shape index (κ3) is 5.28. The van der Waals surface area contributed by atoms with Crippen molar-refractivity contribution in [3.05, 3.63) is 80.0 Å². The van der Waals surface area contributed by atoms with Gasteiger partial charge in [-0.2, -0.15) is 5.10 Å². The Morgan fingerprint density at radius 3 is 2.57 bits per heavy atom. The molecule has 3 rings (SSSR count). The van der Waals surface area contributed by atoms with Gasteiger partial charge in [-0.25, -0.2) is 0 Å². The smallest absolute Gasteiger partial charge is 0.251 e. The number of aromatic nitrogens is 2. The summed E-state index contributed by atoms with van der Waals surface area (Å²) in [6, 6.07) is 12.7. The number of carbonyl (C=O) groups is 1. The first-order valence-corrected chi connectivity index (χ1v) is 10.2. The lowest BCUT2D eigenvalue weighted by molar-refractivity contribution is 0.0950. The molecule has 0 spiro atoms. The van der Waals surface area contributed by atoms with E-state index in [1.165, 1.54) is 0 Å². The highest BCUT2D eigenvalue weighted by atomic mass is 79.9. The molecule has 0 aliphatic carbocycles. The van der Waals surface area contributed by atoms with Gasteiger partial charge in [0, 0.05) is 22.8 Å². The zero-order valence-corrected chi connectivity index (χ0v) is 18.2. The molecule has 1 aromatic heterocycles. The number of nitrogens with zero attached hydrogens (tertiary/aromatic N) is 2. The summed E-state index contributed by atoms with van der Waals surface area (Å²) >= 11 is 15.6. The van der Waals surface area contributed by atoms with Crippen LogP contribution in [-0.4, -0.2) is 15.7 Å². The normalized spacial score (nSPS) is 10.7. The van der Waals surface area contributed by atoms with Crippen molar-refractivity contribution < 1.29 is 9.53 Å². The molecular formula is C20H18BrCl2N3O2. The number of aryl methyl sites for hydroxylation is 1. The van der Waals surface area contributed by atoms with E-state index in [2.05, 4.69) is 26.3 Å². The molecule has 1 heterocycles. The van der Waals surface area contributed by atoms with Gasteiger partial charge in [0.15, 0.2) is 0 Å². The Kier molecular flexibility index (Phi) is 6.99. The number of hydrogen-bond donors (Lipinski definition) is 1. The summed E-state index contributed by atoms with van der Waals surface area (Å²) in [5.41, 5.74) is 2.13. The zero-order chi connectivity index (χ0) is 20.1. The fourth-order valence-corrected chi connectivity index (χ4v) is 3.44. The highest BCUT2D eigenvalue weighted by Gasteiger charge is 2.10. The number of halogens is 3. The molecule has 0 aliphatic heterocycles. The lowest BCUT2D eigenvalue weighted by atomic mass is 10.1. The van der Waals surface area contributed by atoms with E-state index < -0.39 is 0 Å². The van der Waals surface area contributed by atoms with Crippen LogP contribution in [-0.2, 0) is 19.7 Å². The Bertz CT molecular complexity index is 974. The molecule has 2 aromatic carbocycles. The summed E-state index contributed by atoms with van der Waals surface area (Å²) in [4.78, 5) is 12.3. The molecule has 28 heavy (non-hydrogen) atoms. The first-order valence-electron chi connectivity index (χ1n) is 8.63. The van der Waals surface area contributed by atoms with Crippen molar-refractivity contribution in [1.82, 2.24) is 15.1 Å². The van der Waals surface area contributed by atoms with Crippen LogP contribution in [0, 0.1) is 0 Å². The first kappa shape index (κ1) is 20.7. The Morgan fingerprint density at radius 2 is 1.93 bits per heavy atom. The van der Waals surface area contributed by atoms with Gasteiger partial charge in [-0.15, -0.1) is 0 Å². The molecule has 0 atom stereocenters. The van der Waals surface area contributed by atoms with Gasteiger partial charge in [-0.1, -0.05) is 51.3 Å². The molecule has 146 valence electrons. The summed E-state index contributed by atoms with van der Waals surface area (Å²) in [7, 11) is 0. The minimum atomic E-state index is -0.189. The van der Waals surface area contributed by atoms with Crippen LogP contribution in [0.25, 0.3) is 0 Å². The van der Waals surface area contributed by atoms with Gasteiger partial charge in [0.05, 0.1) is 16.6 Å². The highest BCUT2D eigenvalue weighted by Crippen LogP contribution is 2.28. The fraction of sp³-hybridized carbons (Fsp3) is 0.200. The summed E-state index contributed by atoms with van der Waals surface area (Å²) in [6.45, 7) is 3.33. The van der Waals surface area contributed by atoms with Gasteiger partial charge in [0.1, 0.15) is 18.1 Å². The predicted octanol–water partition coefficient (Wildman–Crippen LogP) is 5.48. The van der Waals surface area contributed by atoms with Crippen molar-refractivity contribution in [2.24, 2.45) is 0 Å². The Hall–Kier alpha value is -2.02. The number of nitrogens with one attached hydrogen (secondary N) is 1. The molecule has 0 radical (unpaired) electrons. The predicted molar refractivity (Wildman–Crippen MR) is 114 cm³/mol. The van der Waals surface area contributed by atoms with E-state index in [4.69, 9.17) is 27.9 Å². The standard InChI is InChI=1S/C20H18BrCl2N3O2/c1-2-26-11-17(23)18(25-26)10-24-20(27)14-5-3-13(4-6-14)12-28-19-8-7-15(21)9-16(19)22/h3-9,11H,2,10,12H2,1H3,(H,24,27). The topological polar surface area (TPSA) is 56.2 Å². The van der Waals surface area contributed by atoms with Gasteiger partial charge in [0.2, 0.25) is 0 Å². The Morgan fingerprint density at radius 1 is 1.18 bits per heavy atom. The van der Waals surface area contributed by atoms with Gasteiger partial charge >= 0.3 is 0 Å². The third-order valence-corrected chi connectivity index (χ3v) is 5.14. The monoisotopic (exact) mass is 481 g/mol. The molecule has 0 bridgehead atoms. The molecule has 0 unspecified atom stereocenters. The Balaban J connectivity index is 1.55. The maximum Gasteiger partial charge on any atom is 0.251 e. The maximum atomic E-state index is 12.3. The van der Waals surface area contributed by atoms with Crippen LogP contribution in [0.3, 0.4) is 0 Å². The Labute approximate surface area is 181 Å². The molecule has 0 aliphatic rings. The second-order valence-corrected chi connectivity index (χ2v) is 7.75. The number of carbonyl (C=O) groups excluding carboxylic acids is 1. The van der Waals surface area contributed by atoms with Gasteiger partial charge < -0.3 is 10.1 Å². The molecule has 3 aromatic rings. The highest BCUT2D eigenvalue weighted by molar-refractivity contribution is 9.10. The van der Waals surface area contributed by atoms with Crippen molar-refractivity contribution in [2.45, 2.75) is 26.6 Å². The average Bonchev–Trinajstić information content (AvgIpc) is 3.05. The molecule has 0 saturated carbocycles. The van der Waals surface area contributed by atoms with Crippen molar-refractivity contribution in [3.63, 3.8) is 0 Å². The molecule has 5 nitrogen and oxygen atoms in total. The van der Waals surface area contributed by atoms with E-state index in [1.807, 2.05) is 25.1 Å². The van der Waals surface area contributed by atoms with Crippen LogP contribution in [0.5, 0.6) is 5.75 Å². The number of hydrogen-bond acceptors (Lipinski definition) is 3. The molecule has 8 heteroatoms. The molecule has 1 N–H and O–H groups in total. The SMILES string of the molecule is CCn1cc(Cl)c(CNC(=O)c2ccc(COc3ccc(Br)cc3Cl)cc2)n1. The number of benzene rings is 2. The fourth-order valence-electron chi connectivity index (χ4n) is 2.49. The second kappa shape index (κ2) is 9.45. The molecule has 0 saturated heterocycles. The second-order valence-electron chi connectivity index (χ2n) is 6.02. The quantitative estimate of drug-likeness (QED) is 0.485. The van der Waals surface area contributed by atoms with Crippen molar-refractivity contribution in [2.75, 3.05) is 0 Å². The van der Waals surface area contributed by atoms with Crippen LogP contribution in [0.4, 0.5) is 0 Å². The minimum absolute atomic E-state index is 0.189. The van der Waals surface area contributed by atoms with Crippen LogP contribution in [0.1, 0.15) is 28.5 Å². The van der Waals surface area contributed by atoms with E-state index in [0.717, 1.165) is 16.6 Å². The van der Waals surface area contributed by atoms with Crippen LogP contribution >= 0.6 is 39.1 Å². The maximum absolute atomic E-state index is 12.3. The first-order chi connectivity index (χ1) is 13.5. The van der Waals surface area contributed by atoms with Crippen molar-refractivity contribution in [3.8, 4) is 5.75 Å². The van der Waals surface area contributed by atoms with Gasteiger partial charge in [0.25, 0.3) is 5.91 Å². The number of rotatable bonds is 7. The van der Waals surface area contributed by atoms with E-state index >= 15 is 0 Å². The van der Waals surface area contributed by atoms with Crippen molar-refractivity contribution in [1.29, 1.82) is 0 Å². The summed E-state index contributed by atoms with van der Waals surface area (Å²) < 4.78 is 8.36. The van der Waals surface area contributed by atoms with Crippen LogP contribution < -0.4 is 10.1 Å². The number of amides is 1. The van der Waals surface area contributed by atoms with Gasteiger partial charge in [-0.3, -0.25) is 9.48 Å². The van der Waals surface area contributed by atoms with Crippen molar-refractivity contribution >= 4 is 45.0 Å². The summed E-state index contributed by atoms with van der Waals surface area (Å²) in [5.74, 6) is 0.417. The minimum Gasteiger partial charge on any atom is -0.487 e. The largest absolute Gasteiger partial charge is 0.487 e. The molecule has 1 amide bonds. The van der Waals surface area contributed by atoms with E-state index in [-0.39, 0.29) is 12.5 Å². The van der Waals surface area contributed by atoms with Gasteiger partial charge in [-0.05, 0) is 42.8 Å². The molecule has 0 fully saturated rings. The zero-order valence-electron chi connectivity index (χ0n) is 15.1. The lowest BCUT2D eigenvalue weighted by Gasteiger charge is -2.09. The summed E-state index contributed by atoms with van der Waals surface area (Å²) in [6.07, 6.45) is 1.75. The third-order valence-electron chi connectivity index (χ3n) is 4.03. The van der Waals surface area contributed by atoms with E-state index in [0.29, 0.717) is 33.7 Å².